The lowest BCUT2D eigenvalue weighted by Crippen LogP contribution is -2.05. The Morgan fingerprint density at radius 2 is 2.14 bits per heavy atom. The quantitative estimate of drug-likeness (QED) is 0.817. The second-order valence-electron chi connectivity index (χ2n) is 7.31. The number of anilines is 1. The van der Waals surface area contributed by atoms with Gasteiger partial charge in [0.05, 0.1) is 12.8 Å². The number of hydrogen-bond acceptors (Lipinski definition) is 6. The van der Waals surface area contributed by atoms with Crippen LogP contribution in [0.15, 0.2) is 53.1 Å². The fourth-order valence-corrected chi connectivity index (χ4v) is 4.07. The van der Waals surface area contributed by atoms with Gasteiger partial charge < -0.3 is 19.5 Å². The first-order chi connectivity index (χ1) is 14.3. The number of aromatic nitrogens is 1. The number of nitrogens with one attached hydrogen (secondary N) is 1. The number of fused-ring (bicyclic) bond motifs is 1. The Morgan fingerprint density at radius 3 is 2.93 bits per heavy atom. The summed E-state index contributed by atoms with van der Waals surface area (Å²) >= 11 is 0. The summed E-state index contributed by atoms with van der Waals surface area (Å²) in [6.45, 7) is 0.305. The van der Waals surface area contributed by atoms with Crippen LogP contribution in [0.25, 0.3) is 16.5 Å². The van der Waals surface area contributed by atoms with Gasteiger partial charge in [-0.2, -0.15) is 0 Å². The fraction of sp³-hybridized carbons (Fsp3) is 0.304. The van der Waals surface area contributed by atoms with Crippen molar-refractivity contribution in [3.05, 3.63) is 59.3 Å². The molecule has 1 aromatic heterocycles. The normalized spacial score (nSPS) is 20.2. The van der Waals surface area contributed by atoms with Gasteiger partial charge in [0.1, 0.15) is 17.0 Å². The van der Waals surface area contributed by atoms with Gasteiger partial charge in [-0.05, 0) is 48.3 Å². The van der Waals surface area contributed by atoms with Crippen molar-refractivity contribution in [2.45, 2.75) is 25.2 Å². The molecule has 0 amide bonds. The van der Waals surface area contributed by atoms with Crippen LogP contribution in [0, 0.1) is 0 Å². The highest BCUT2D eigenvalue weighted by Crippen LogP contribution is 2.40. The minimum absolute atomic E-state index is 0.202. The SMILES string of the molecule is CNc1cc(C2=CN=CCC2)nc2c(OC)cc(C3C=CC4=C(C3)OCO4)cc12. The van der Waals surface area contributed by atoms with E-state index >= 15 is 0 Å². The molecular formula is C23H23N3O3. The first-order valence-corrected chi connectivity index (χ1v) is 9.85. The van der Waals surface area contributed by atoms with Crippen LogP contribution < -0.4 is 10.1 Å². The van der Waals surface area contributed by atoms with Crippen molar-refractivity contribution in [3.63, 3.8) is 0 Å². The van der Waals surface area contributed by atoms with Gasteiger partial charge in [-0.3, -0.25) is 4.99 Å². The Labute approximate surface area is 169 Å². The van der Waals surface area contributed by atoms with Crippen molar-refractivity contribution in [2.24, 2.45) is 4.99 Å². The molecule has 2 aliphatic heterocycles. The maximum absolute atomic E-state index is 5.76. The van der Waals surface area contributed by atoms with Gasteiger partial charge >= 0.3 is 0 Å². The van der Waals surface area contributed by atoms with E-state index in [9.17, 15) is 0 Å². The monoisotopic (exact) mass is 389 g/mol. The number of benzene rings is 1. The Morgan fingerprint density at radius 1 is 1.21 bits per heavy atom. The zero-order chi connectivity index (χ0) is 19.8. The smallest absolute Gasteiger partial charge is 0.230 e. The Kier molecular flexibility index (Phi) is 4.46. The molecule has 0 saturated carbocycles. The van der Waals surface area contributed by atoms with Crippen LogP contribution in [0.4, 0.5) is 5.69 Å². The number of nitrogens with zero attached hydrogens (tertiary/aromatic N) is 2. The van der Waals surface area contributed by atoms with Gasteiger partial charge in [0, 0.05) is 42.9 Å². The molecule has 6 heteroatoms. The first-order valence-electron chi connectivity index (χ1n) is 9.85. The van der Waals surface area contributed by atoms with Crippen LogP contribution in [-0.4, -0.2) is 32.1 Å². The van der Waals surface area contributed by atoms with Crippen LogP contribution in [0.1, 0.15) is 36.4 Å². The standard InChI is InChI=1S/C23H23N3O3/c1-24-19-11-18(15-4-3-7-25-12-15)26-23-17(19)8-16(10-22(23)27-2)14-5-6-20-21(9-14)29-13-28-20/h5-8,10-12,14H,3-4,9,13H2,1-2H3,(H,24,26). The largest absolute Gasteiger partial charge is 0.494 e. The molecule has 1 atom stereocenters. The van der Waals surface area contributed by atoms with E-state index in [-0.39, 0.29) is 5.92 Å². The van der Waals surface area contributed by atoms with E-state index in [0.717, 1.165) is 64.4 Å². The number of ether oxygens (including phenoxy) is 3. The summed E-state index contributed by atoms with van der Waals surface area (Å²) in [7, 11) is 3.63. The molecular weight excluding hydrogens is 366 g/mol. The highest BCUT2D eigenvalue weighted by Gasteiger charge is 2.25. The summed E-state index contributed by atoms with van der Waals surface area (Å²) in [5, 5.41) is 4.38. The molecule has 3 aliphatic rings. The molecule has 0 bridgehead atoms. The van der Waals surface area contributed by atoms with Gasteiger partial charge in [0.15, 0.2) is 5.76 Å². The van der Waals surface area contributed by atoms with Gasteiger partial charge in [-0.1, -0.05) is 6.08 Å². The molecule has 0 saturated heterocycles. The molecule has 1 unspecified atom stereocenters. The van der Waals surface area contributed by atoms with E-state index in [4.69, 9.17) is 19.2 Å². The Bertz CT molecular complexity index is 1100. The Hall–Kier alpha value is -3.28. The third-order valence-electron chi connectivity index (χ3n) is 5.63. The maximum Gasteiger partial charge on any atom is 0.230 e. The van der Waals surface area contributed by atoms with E-state index in [1.807, 2.05) is 25.5 Å². The Balaban J connectivity index is 1.61. The van der Waals surface area contributed by atoms with Crippen molar-refractivity contribution in [3.8, 4) is 5.75 Å². The highest BCUT2D eigenvalue weighted by molar-refractivity contribution is 5.97. The molecule has 148 valence electrons. The second-order valence-corrected chi connectivity index (χ2v) is 7.31. The summed E-state index contributed by atoms with van der Waals surface area (Å²) in [5.74, 6) is 2.74. The van der Waals surface area contributed by atoms with E-state index in [0.29, 0.717) is 6.79 Å². The first kappa shape index (κ1) is 17.8. The predicted molar refractivity (Wildman–Crippen MR) is 114 cm³/mol. The van der Waals surface area contributed by atoms with Gasteiger partial charge in [-0.15, -0.1) is 0 Å². The van der Waals surface area contributed by atoms with E-state index < -0.39 is 0 Å². The molecule has 29 heavy (non-hydrogen) atoms. The lowest BCUT2D eigenvalue weighted by molar-refractivity contribution is 0.0725. The zero-order valence-electron chi connectivity index (χ0n) is 16.6. The van der Waals surface area contributed by atoms with Crippen molar-refractivity contribution < 1.29 is 14.2 Å². The number of allylic oxidation sites excluding steroid dienone is 4. The summed E-state index contributed by atoms with van der Waals surface area (Å²) < 4.78 is 16.8. The number of hydrogen-bond donors (Lipinski definition) is 1. The number of rotatable bonds is 4. The number of aliphatic imine (C=N–C) groups is 1. The lowest BCUT2D eigenvalue weighted by atomic mass is 9.89. The summed E-state index contributed by atoms with van der Waals surface area (Å²) in [4.78, 5) is 9.24. The summed E-state index contributed by atoms with van der Waals surface area (Å²) in [5.41, 5.74) is 5.13. The van der Waals surface area contributed by atoms with Gasteiger partial charge in [0.2, 0.25) is 6.79 Å². The second kappa shape index (κ2) is 7.28. The van der Waals surface area contributed by atoms with Gasteiger partial charge in [-0.25, -0.2) is 4.98 Å². The molecule has 6 nitrogen and oxygen atoms in total. The van der Waals surface area contributed by atoms with E-state index in [1.54, 1.807) is 7.11 Å². The molecule has 0 radical (unpaired) electrons. The molecule has 2 aromatic rings. The minimum atomic E-state index is 0.202. The van der Waals surface area contributed by atoms with Crippen molar-refractivity contribution in [1.82, 2.24) is 4.98 Å². The molecule has 3 heterocycles. The molecule has 5 rings (SSSR count). The van der Waals surface area contributed by atoms with Gasteiger partial charge in [0.25, 0.3) is 0 Å². The third kappa shape index (κ3) is 3.14. The molecule has 1 N–H and O–H groups in total. The van der Waals surface area contributed by atoms with E-state index in [2.05, 4.69) is 34.6 Å². The average Bonchev–Trinajstić information content (AvgIpc) is 3.26. The highest BCUT2D eigenvalue weighted by atomic mass is 16.7. The van der Waals surface area contributed by atoms with Crippen LogP contribution in [-0.2, 0) is 9.47 Å². The lowest BCUT2D eigenvalue weighted by Gasteiger charge is -2.20. The van der Waals surface area contributed by atoms with E-state index in [1.165, 1.54) is 5.56 Å². The van der Waals surface area contributed by atoms with Crippen LogP contribution in [0.2, 0.25) is 0 Å². The summed E-state index contributed by atoms with van der Waals surface area (Å²) in [6, 6.07) is 6.38. The molecule has 0 fully saturated rings. The zero-order valence-corrected chi connectivity index (χ0v) is 16.6. The third-order valence-corrected chi connectivity index (χ3v) is 5.63. The van der Waals surface area contributed by atoms with Crippen molar-refractivity contribution in [2.75, 3.05) is 26.3 Å². The summed E-state index contributed by atoms with van der Waals surface area (Å²) in [6.07, 6.45) is 10.7. The predicted octanol–water partition coefficient (Wildman–Crippen LogP) is 4.75. The van der Waals surface area contributed by atoms with Crippen LogP contribution in [0.5, 0.6) is 5.75 Å². The maximum atomic E-state index is 5.76. The average molecular weight is 389 g/mol. The fourth-order valence-electron chi connectivity index (χ4n) is 4.07. The number of pyridine rings is 1. The van der Waals surface area contributed by atoms with Crippen molar-refractivity contribution in [1.29, 1.82) is 0 Å². The van der Waals surface area contributed by atoms with Crippen LogP contribution >= 0.6 is 0 Å². The molecule has 1 aliphatic carbocycles. The topological polar surface area (TPSA) is 65.0 Å². The molecule has 1 aromatic carbocycles. The number of methoxy groups -OCH3 is 1. The van der Waals surface area contributed by atoms with Crippen LogP contribution in [0.3, 0.4) is 0 Å². The minimum Gasteiger partial charge on any atom is -0.494 e. The molecule has 0 spiro atoms. The van der Waals surface area contributed by atoms with Crippen molar-refractivity contribution >= 4 is 28.4 Å².